The van der Waals surface area contributed by atoms with Gasteiger partial charge >= 0.3 is 130 Å². The van der Waals surface area contributed by atoms with E-state index < -0.39 is 89.3 Å². The fourth-order valence-electron chi connectivity index (χ4n) is 15.5. The SMILES string of the molecule is C.C.C[C-](C)c1cc(P(=O)(O)O)ccc1[NH+]1CCCCC1C(=O)O.C[C-](C)c1cc(P(=O)(O)O)ccc1[NH+]1CCCCC1C(=O)O.[CH-]=CC=C1C(C)(C)c2cc(P(=O)(O)O)ccc2[N+]12CCCCC2C(=O)O.[CH-]=CC=C1C(C)(C)c2cc(P(=O)(O)O)ccc2[N+]12CCCCC2C(=O)O.[Ca+2].[Ca+2]. The molecule has 0 bridgehead atoms. The smallest absolute Gasteiger partial charge is 0.477 e. The van der Waals surface area contributed by atoms with Crippen molar-refractivity contribution >= 4 is 174 Å². The monoisotopic (exact) mass is 1520 g/mol. The summed E-state index contributed by atoms with van der Waals surface area (Å²) >= 11 is 0. The molecule has 0 amide bonds. The maximum atomic E-state index is 12.1. The molecule has 540 valence electrons. The molecule has 4 saturated heterocycles. The third-order valence-corrected chi connectivity index (χ3v) is 23.7. The molecule has 14 N–H and O–H groups in total. The molecule has 6 aliphatic heterocycles. The van der Waals surface area contributed by atoms with E-state index in [2.05, 4.69) is 0 Å². The summed E-state index contributed by atoms with van der Waals surface area (Å²) in [5.41, 5.74) is 6.68. The van der Waals surface area contributed by atoms with Gasteiger partial charge in [-0.05, 0) is 103 Å². The molecule has 2 spiro atoms. The average molecular weight is 1520 g/mol. The number of carboxylic acid groups (broad SMARTS) is 4. The van der Waals surface area contributed by atoms with Gasteiger partial charge < -0.3 is 69.4 Å². The summed E-state index contributed by atoms with van der Waals surface area (Å²) in [6.07, 6.45) is 15.8. The topological polar surface area (TPSA) is 388 Å². The first kappa shape index (κ1) is 90.6. The van der Waals surface area contributed by atoms with Crippen molar-refractivity contribution in [2.75, 3.05) is 26.2 Å². The number of quaternary nitrogens is 4. The van der Waals surface area contributed by atoms with E-state index in [1.165, 1.54) is 60.7 Å². The largest absolute Gasteiger partial charge is 2.00 e. The second-order valence-corrected chi connectivity index (χ2v) is 33.4. The van der Waals surface area contributed by atoms with E-state index in [-0.39, 0.29) is 121 Å². The van der Waals surface area contributed by atoms with Crippen molar-refractivity contribution in [2.45, 2.75) is 182 Å². The molecule has 8 atom stereocenters. The Morgan fingerprint density at radius 2 is 0.750 bits per heavy atom. The number of carbonyl (C=O) groups is 4. The molecular weight excluding hydrogens is 1420 g/mol. The molecule has 8 unspecified atom stereocenters. The van der Waals surface area contributed by atoms with Crippen LogP contribution in [0.25, 0.3) is 0 Å². The number of aliphatic carboxylic acids is 4. The van der Waals surface area contributed by atoms with Crippen molar-refractivity contribution in [1.29, 1.82) is 0 Å². The van der Waals surface area contributed by atoms with Crippen molar-refractivity contribution in [3.8, 4) is 0 Å². The molecule has 0 aromatic heterocycles. The van der Waals surface area contributed by atoms with E-state index in [0.717, 1.165) is 129 Å². The predicted octanol–water partition coefficient (Wildman–Crippen LogP) is 6.92. The van der Waals surface area contributed by atoms with Crippen LogP contribution < -0.4 is 40.0 Å². The molecular formula is C70H100Ca2N4O20P4+4. The zero-order chi connectivity index (χ0) is 71.6. The van der Waals surface area contributed by atoms with Gasteiger partial charge in [-0.25, -0.2) is 31.3 Å². The maximum Gasteiger partial charge on any atom is 2.00 e. The van der Waals surface area contributed by atoms with Gasteiger partial charge in [0.1, 0.15) is 11.4 Å². The van der Waals surface area contributed by atoms with Gasteiger partial charge in [0, 0.05) is 82.3 Å². The fraction of sp³-hybridized carbons (Fsp3) is 0.457. The van der Waals surface area contributed by atoms with Crippen LogP contribution in [0.2, 0.25) is 0 Å². The van der Waals surface area contributed by atoms with Crippen LogP contribution in [0.5, 0.6) is 0 Å². The molecule has 10 rings (SSSR count). The van der Waals surface area contributed by atoms with Gasteiger partial charge in [-0.1, -0.05) is 66.8 Å². The third kappa shape index (κ3) is 19.0. The Bertz CT molecular complexity index is 3680. The molecule has 6 aliphatic rings. The van der Waals surface area contributed by atoms with Gasteiger partial charge in [-0.2, -0.15) is 24.0 Å². The summed E-state index contributed by atoms with van der Waals surface area (Å²) in [6.45, 7) is 29.3. The number of hydrogen-bond donors (Lipinski definition) is 14. The van der Waals surface area contributed by atoms with Gasteiger partial charge in [-0.3, -0.25) is 40.4 Å². The first-order valence-corrected chi connectivity index (χ1v) is 38.4. The zero-order valence-electron chi connectivity index (χ0n) is 56.7. The van der Waals surface area contributed by atoms with Gasteiger partial charge in [0.2, 0.25) is 0 Å². The minimum absolute atomic E-state index is 0. The number of hydrogen-bond acceptors (Lipinski definition) is 8. The number of carboxylic acids is 4. The number of nitrogens with one attached hydrogen (secondary N) is 2. The van der Waals surface area contributed by atoms with Gasteiger partial charge in [0.15, 0.2) is 24.2 Å². The van der Waals surface area contributed by atoms with E-state index in [1.54, 1.807) is 36.4 Å². The fourth-order valence-corrected chi connectivity index (χ4v) is 17.7. The van der Waals surface area contributed by atoms with Crippen LogP contribution in [0, 0.1) is 25.0 Å². The van der Waals surface area contributed by atoms with Crippen LogP contribution in [-0.2, 0) is 48.3 Å². The second kappa shape index (κ2) is 35.7. The van der Waals surface area contributed by atoms with Crippen molar-refractivity contribution in [3.63, 3.8) is 0 Å². The summed E-state index contributed by atoms with van der Waals surface area (Å²) in [6, 6.07) is 16.1. The first-order chi connectivity index (χ1) is 44.6. The number of rotatable bonds is 14. The van der Waals surface area contributed by atoms with E-state index in [9.17, 15) is 97.0 Å². The normalized spacial score (nSPS) is 24.9. The van der Waals surface area contributed by atoms with Crippen molar-refractivity contribution in [3.05, 3.63) is 156 Å². The van der Waals surface area contributed by atoms with Crippen molar-refractivity contribution in [1.82, 2.24) is 8.97 Å². The summed E-state index contributed by atoms with van der Waals surface area (Å²) < 4.78 is 46.7. The van der Waals surface area contributed by atoms with Crippen LogP contribution in [-0.4, -0.2) is 209 Å². The summed E-state index contributed by atoms with van der Waals surface area (Å²) in [4.78, 5) is 125. The zero-order valence-corrected chi connectivity index (χ0v) is 64.7. The molecule has 0 aliphatic carbocycles. The van der Waals surface area contributed by atoms with Crippen LogP contribution in [0.4, 0.5) is 22.7 Å². The molecule has 24 nitrogen and oxygen atoms in total. The van der Waals surface area contributed by atoms with E-state index in [4.69, 9.17) is 13.2 Å². The number of piperidine rings is 4. The maximum absolute atomic E-state index is 12.1. The molecule has 0 radical (unpaired) electrons. The predicted molar refractivity (Wildman–Crippen MR) is 390 cm³/mol. The minimum Gasteiger partial charge on any atom is -0.477 e. The molecule has 4 aromatic rings. The minimum atomic E-state index is -4.40. The number of benzene rings is 4. The Morgan fingerprint density at radius 1 is 0.460 bits per heavy atom. The van der Waals surface area contributed by atoms with Gasteiger partial charge in [-0.15, -0.1) is 23.3 Å². The molecule has 100 heavy (non-hydrogen) atoms. The van der Waals surface area contributed by atoms with Crippen LogP contribution in [0.1, 0.15) is 170 Å². The van der Waals surface area contributed by atoms with Crippen molar-refractivity contribution < 1.29 is 107 Å². The van der Waals surface area contributed by atoms with E-state index in [0.29, 0.717) is 51.9 Å². The Labute approximate surface area is 647 Å². The number of fused-ring (bicyclic) bond motifs is 4. The standard InChI is InChI=1S/2C19H24NO5P.2C15H21NO5P.2CH4.2Ca/c2*1-4-7-17-19(2,3)14-12-13(26(23,24)25)9-10-15(14)20(17)11-6-5-8-16(20)18(21)22;2*1-10(2)12-9-11(22(19,20)21)6-7-13(12)16-8-4-3-5-14(16)15(17)18;;;;/h2*1,4,7,9-10,12,16H,5-6,8,11H2,2-3H3,(H,21,22)(H2,23,24,25);2*6-7,9,14H,3-5,8H2,1-2H3,(H,17,18)(H2,19,20,21);2*1H4;;/q;;2*-1;;;2*+2/p+2. The number of allylic oxidation sites excluding steroid dienone is 6. The molecule has 4 fully saturated rings. The van der Waals surface area contributed by atoms with E-state index in [1.807, 2.05) is 55.4 Å². The third-order valence-electron chi connectivity index (χ3n) is 19.9. The van der Waals surface area contributed by atoms with Crippen LogP contribution >= 0.6 is 30.4 Å². The number of nitrogens with zero attached hydrogens (tertiary/aromatic N) is 2. The average Bonchev–Trinajstić information content (AvgIpc) is 1.54. The van der Waals surface area contributed by atoms with Gasteiger partial charge in [0.25, 0.3) is 0 Å². The Balaban J connectivity index is 0.000000343. The van der Waals surface area contributed by atoms with Crippen LogP contribution in [0.15, 0.2) is 108 Å². The molecule has 4 aromatic carbocycles. The second-order valence-electron chi connectivity index (χ2n) is 27.0. The first-order valence-electron chi connectivity index (χ1n) is 31.9. The quantitative estimate of drug-likeness (QED) is 0.0264. The van der Waals surface area contributed by atoms with E-state index >= 15 is 0 Å². The Morgan fingerprint density at radius 3 is 1.02 bits per heavy atom. The summed E-state index contributed by atoms with van der Waals surface area (Å²) in [5, 5.41) is 38.5. The summed E-state index contributed by atoms with van der Waals surface area (Å²) in [5.74, 6) is -1.56. The molecule has 6 heterocycles. The Kier molecular flexibility index (Phi) is 32.3. The summed E-state index contributed by atoms with van der Waals surface area (Å²) in [7, 11) is -17.4. The molecule has 30 heteroatoms. The van der Waals surface area contributed by atoms with Gasteiger partial charge in [0.05, 0.1) is 47.6 Å². The van der Waals surface area contributed by atoms with Crippen molar-refractivity contribution in [2.24, 2.45) is 0 Å². The van der Waals surface area contributed by atoms with Crippen LogP contribution in [0.3, 0.4) is 0 Å². The Hall–Kier alpha value is -3.58. The molecule has 0 saturated carbocycles.